The summed E-state index contributed by atoms with van der Waals surface area (Å²) in [6.45, 7) is 0.788. The smallest absolute Gasteiger partial charge is 0.227 e. The molecule has 0 aliphatic rings. The van der Waals surface area contributed by atoms with Crippen molar-refractivity contribution >= 4 is 40.7 Å². The molecule has 3 N–H and O–H groups in total. The van der Waals surface area contributed by atoms with E-state index in [0.717, 1.165) is 17.1 Å². The van der Waals surface area contributed by atoms with Gasteiger partial charge in [-0.2, -0.15) is 0 Å². The van der Waals surface area contributed by atoms with Crippen molar-refractivity contribution in [1.82, 2.24) is 15.0 Å². The average molecular weight is 390 g/mol. The van der Waals surface area contributed by atoms with Gasteiger partial charge in [-0.3, -0.25) is 0 Å². The number of nitrogens with zero attached hydrogens (tertiary/aromatic N) is 3. The Labute approximate surface area is 161 Å². The van der Waals surface area contributed by atoms with E-state index in [9.17, 15) is 0 Å². The first-order chi connectivity index (χ1) is 12.7. The SMILES string of the molecule is OCCCNc1cc(-c2ccnc(Nc3cc(Cl)ccc3Cl)n2)ccn1. The van der Waals surface area contributed by atoms with E-state index in [1.54, 1.807) is 30.6 Å². The Morgan fingerprint density at radius 2 is 1.85 bits per heavy atom. The molecule has 0 amide bonds. The molecule has 0 saturated carbocycles. The fourth-order valence-corrected chi connectivity index (χ4v) is 2.61. The van der Waals surface area contributed by atoms with Crippen molar-refractivity contribution in [3.63, 3.8) is 0 Å². The van der Waals surface area contributed by atoms with Crippen LogP contribution in [0.25, 0.3) is 11.3 Å². The Morgan fingerprint density at radius 3 is 2.69 bits per heavy atom. The first-order valence-corrected chi connectivity index (χ1v) is 8.77. The molecule has 0 aliphatic carbocycles. The molecule has 134 valence electrons. The third-order valence-electron chi connectivity index (χ3n) is 3.53. The van der Waals surface area contributed by atoms with Gasteiger partial charge >= 0.3 is 0 Å². The molecule has 3 aromatic rings. The van der Waals surface area contributed by atoms with Crippen molar-refractivity contribution < 1.29 is 5.11 Å². The molecule has 6 nitrogen and oxygen atoms in total. The van der Waals surface area contributed by atoms with Gasteiger partial charge in [-0.1, -0.05) is 23.2 Å². The summed E-state index contributed by atoms with van der Waals surface area (Å²) in [4.78, 5) is 13.0. The molecule has 8 heteroatoms. The molecule has 0 atom stereocenters. The van der Waals surface area contributed by atoms with E-state index >= 15 is 0 Å². The summed E-state index contributed by atoms with van der Waals surface area (Å²) in [7, 11) is 0. The van der Waals surface area contributed by atoms with E-state index in [-0.39, 0.29) is 6.61 Å². The van der Waals surface area contributed by atoms with Crippen LogP contribution in [-0.2, 0) is 0 Å². The zero-order chi connectivity index (χ0) is 18.4. The highest BCUT2D eigenvalue weighted by Crippen LogP contribution is 2.28. The van der Waals surface area contributed by atoms with Crippen molar-refractivity contribution in [2.24, 2.45) is 0 Å². The molecule has 0 fully saturated rings. The number of hydrogen-bond donors (Lipinski definition) is 3. The molecule has 1 aromatic carbocycles. The van der Waals surface area contributed by atoms with E-state index in [1.807, 2.05) is 18.2 Å². The molecule has 2 aromatic heterocycles. The highest BCUT2D eigenvalue weighted by molar-refractivity contribution is 6.35. The number of aliphatic hydroxyl groups excluding tert-OH is 1. The van der Waals surface area contributed by atoms with Crippen LogP contribution in [0.5, 0.6) is 0 Å². The van der Waals surface area contributed by atoms with Crippen molar-refractivity contribution in [3.05, 3.63) is 58.8 Å². The predicted molar refractivity (Wildman–Crippen MR) is 105 cm³/mol. The highest BCUT2D eigenvalue weighted by atomic mass is 35.5. The van der Waals surface area contributed by atoms with Crippen molar-refractivity contribution in [2.75, 3.05) is 23.8 Å². The first kappa shape index (κ1) is 18.4. The molecule has 0 radical (unpaired) electrons. The minimum absolute atomic E-state index is 0.139. The van der Waals surface area contributed by atoms with Crippen LogP contribution in [0.4, 0.5) is 17.5 Å². The Balaban J connectivity index is 1.81. The number of aliphatic hydroxyl groups is 1. The zero-order valence-corrected chi connectivity index (χ0v) is 15.3. The topological polar surface area (TPSA) is 83.0 Å². The molecule has 0 saturated heterocycles. The van der Waals surface area contributed by atoms with E-state index < -0.39 is 0 Å². The van der Waals surface area contributed by atoms with Gasteiger partial charge < -0.3 is 15.7 Å². The summed E-state index contributed by atoms with van der Waals surface area (Å²) in [6.07, 6.45) is 4.04. The van der Waals surface area contributed by atoms with Crippen molar-refractivity contribution in [3.8, 4) is 11.3 Å². The van der Waals surface area contributed by atoms with Crippen LogP contribution in [0.3, 0.4) is 0 Å². The van der Waals surface area contributed by atoms with Gasteiger partial charge in [0.2, 0.25) is 5.95 Å². The molecule has 0 aliphatic heterocycles. The molecule has 2 heterocycles. The number of pyridine rings is 1. The maximum atomic E-state index is 8.86. The van der Waals surface area contributed by atoms with Crippen LogP contribution in [-0.4, -0.2) is 33.2 Å². The van der Waals surface area contributed by atoms with Crippen LogP contribution in [0.2, 0.25) is 10.0 Å². The molecule has 0 bridgehead atoms. The van der Waals surface area contributed by atoms with Gasteiger partial charge in [-0.05, 0) is 42.8 Å². The summed E-state index contributed by atoms with van der Waals surface area (Å²) < 4.78 is 0. The summed E-state index contributed by atoms with van der Waals surface area (Å²) in [5.41, 5.74) is 2.28. The second-order valence-corrected chi connectivity index (χ2v) is 6.29. The summed E-state index contributed by atoms with van der Waals surface area (Å²) >= 11 is 12.2. The first-order valence-electron chi connectivity index (χ1n) is 8.02. The molecule has 0 spiro atoms. The molecule has 3 rings (SSSR count). The van der Waals surface area contributed by atoms with Gasteiger partial charge in [0.25, 0.3) is 0 Å². The zero-order valence-electron chi connectivity index (χ0n) is 13.8. The summed E-state index contributed by atoms with van der Waals surface area (Å²) in [5, 5.41) is 16.2. The Kier molecular flexibility index (Phi) is 6.22. The van der Waals surface area contributed by atoms with Gasteiger partial charge in [-0.25, -0.2) is 15.0 Å². The van der Waals surface area contributed by atoms with Crippen molar-refractivity contribution in [2.45, 2.75) is 6.42 Å². The lowest BCUT2D eigenvalue weighted by Crippen LogP contribution is -2.05. The standard InChI is InChI=1S/C18H17Cl2N5O/c19-13-2-3-14(20)16(11-13)25-18-23-8-5-15(24-18)12-4-7-22-17(10-12)21-6-1-9-26/h2-5,7-8,10-11,26H,1,6,9H2,(H,21,22)(H,23,24,25). The molecular weight excluding hydrogens is 373 g/mol. The maximum absolute atomic E-state index is 8.86. The van der Waals surface area contributed by atoms with Crippen LogP contribution >= 0.6 is 23.2 Å². The Hall–Kier alpha value is -2.41. The maximum Gasteiger partial charge on any atom is 0.227 e. The van der Waals surface area contributed by atoms with Gasteiger partial charge in [-0.15, -0.1) is 0 Å². The van der Waals surface area contributed by atoms with Gasteiger partial charge in [0, 0.05) is 36.1 Å². The van der Waals surface area contributed by atoms with Crippen molar-refractivity contribution in [1.29, 1.82) is 0 Å². The number of benzene rings is 1. The average Bonchev–Trinajstić information content (AvgIpc) is 2.65. The Morgan fingerprint density at radius 1 is 1.00 bits per heavy atom. The number of nitrogens with one attached hydrogen (secondary N) is 2. The lowest BCUT2D eigenvalue weighted by molar-refractivity contribution is 0.292. The minimum Gasteiger partial charge on any atom is -0.396 e. The predicted octanol–water partition coefficient (Wildman–Crippen LogP) is 4.38. The third-order valence-corrected chi connectivity index (χ3v) is 4.09. The van der Waals surface area contributed by atoms with E-state index in [1.165, 1.54) is 0 Å². The van der Waals surface area contributed by atoms with E-state index in [2.05, 4.69) is 25.6 Å². The number of halogens is 2. The second kappa shape index (κ2) is 8.80. The normalized spacial score (nSPS) is 10.6. The largest absolute Gasteiger partial charge is 0.396 e. The molecular formula is C18H17Cl2N5O. The monoisotopic (exact) mass is 389 g/mol. The van der Waals surface area contributed by atoms with E-state index in [4.69, 9.17) is 28.3 Å². The van der Waals surface area contributed by atoms with Gasteiger partial charge in [0.1, 0.15) is 5.82 Å². The highest BCUT2D eigenvalue weighted by Gasteiger charge is 2.07. The number of hydrogen-bond acceptors (Lipinski definition) is 6. The second-order valence-electron chi connectivity index (χ2n) is 5.45. The number of anilines is 3. The quantitative estimate of drug-likeness (QED) is 0.520. The van der Waals surface area contributed by atoms with Gasteiger partial charge in [0.15, 0.2) is 0 Å². The minimum atomic E-state index is 0.139. The number of aromatic nitrogens is 3. The lowest BCUT2D eigenvalue weighted by Gasteiger charge is -2.09. The van der Waals surface area contributed by atoms with Crippen LogP contribution in [0.1, 0.15) is 6.42 Å². The summed E-state index contributed by atoms with van der Waals surface area (Å²) in [6, 6.07) is 10.7. The van der Waals surface area contributed by atoms with Gasteiger partial charge in [0.05, 0.1) is 16.4 Å². The fourth-order valence-electron chi connectivity index (χ4n) is 2.28. The number of rotatable bonds is 7. The van der Waals surface area contributed by atoms with E-state index in [0.29, 0.717) is 34.6 Å². The van der Waals surface area contributed by atoms with Crippen LogP contribution in [0.15, 0.2) is 48.8 Å². The van der Waals surface area contributed by atoms with Crippen LogP contribution in [0, 0.1) is 0 Å². The lowest BCUT2D eigenvalue weighted by atomic mass is 10.2. The third kappa shape index (κ3) is 4.82. The fraction of sp³-hybridized carbons (Fsp3) is 0.167. The molecule has 0 unspecified atom stereocenters. The van der Waals surface area contributed by atoms with Crippen LogP contribution < -0.4 is 10.6 Å². The Bertz CT molecular complexity index is 891. The summed E-state index contributed by atoms with van der Waals surface area (Å²) in [5.74, 6) is 1.14. The molecule has 26 heavy (non-hydrogen) atoms.